The fraction of sp³-hybridized carbons (Fsp3) is 0.909. The van der Waals surface area contributed by atoms with Crippen LogP contribution in [0, 0.1) is 0 Å². The molecule has 5 heteroatoms. The van der Waals surface area contributed by atoms with Gasteiger partial charge in [-0.25, -0.2) is 0 Å². The van der Waals surface area contributed by atoms with Crippen LogP contribution in [0.25, 0.3) is 0 Å². The molecule has 0 heterocycles. The second-order valence-corrected chi connectivity index (χ2v) is 3.43. The first-order chi connectivity index (χ1) is 7.71. The lowest BCUT2D eigenvalue weighted by Crippen LogP contribution is -2.44. The average molecular weight is 233 g/mol. The van der Waals surface area contributed by atoms with Crippen molar-refractivity contribution in [1.29, 1.82) is 0 Å². The average Bonchev–Trinajstić information content (AvgIpc) is 2.27. The highest BCUT2D eigenvalue weighted by Crippen LogP contribution is 2.06. The van der Waals surface area contributed by atoms with E-state index in [4.69, 9.17) is 14.6 Å². The van der Waals surface area contributed by atoms with Crippen molar-refractivity contribution in [2.45, 2.75) is 26.3 Å². The Balaban J connectivity index is 4.36. The van der Waals surface area contributed by atoms with E-state index in [0.29, 0.717) is 32.7 Å². The number of aliphatic hydroxyl groups excluding tert-OH is 1. The van der Waals surface area contributed by atoms with Gasteiger partial charge in [0.05, 0.1) is 19.8 Å². The summed E-state index contributed by atoms with van der Waals surface area (Å²) in [6, 6.07) is -0.290. The van der Waals surface area contributed by atoms with E-state index in [0.717, 1.165) is 0 Å². The van der Waals surface area contributed by atoms with Gasteiger partial charge in [0, 0.05) is 20.2 Å². The summed E-state index contributed by atoms with van der Waals surface area (Å²) in [6.45, 7) is 5.74. The van der Waals surface area contributed by atoms with Crippen LogP contribution in [0.2, 0.25) is 0 Å². The number of ether oxygens (including phenoxy) is 2. The summed E-state index contributed by atoms with van der Waals surface area (Å²) in [5.41, 5.74) is 0. The molecular weight excluding hydrogens is 210 g/mol. The first-order valence-corrected chi connectivity index (χ1v) is 5.71. The Morgan fingerprint density at radius 1 is 1.38 bits per heavy atom. The smallest absolute Gasteiger partial charge is 0.323 e. The van der Waals surface area contributed by atoms with Gasteiger partial charge < -0.3 is 14.6 Å². The molecule has 0 rings (SSSR count). The Kier molecular flexibility index (Phi) is 9.18. The van der Waals surface area contributed by atoms with Crippen molar-refractivity contribution >= 4 is 5.97 Å². The molecule has 0 radical (unpaired) electrons. The molecule has 1 unspecified atom stereocenters. The Morgan fingerprint density at radius 3 is 2.50 bits per heavy atom. The van der Waals surface area contributed by atoms with Gasteiger partial charge in [0.2, 0.25) is 0 Å². The summed E-state index contributed by atoms with van der Waals surface area (Å²) < 4.78 is 9.98. The highest BCUT2D eigenvalue weighted by molar-refractivity contribution is 5.75. The monoisotopic (exact) mass is 233 g/mol. The van der Waals surface area contributed by atoms with Gasteiger partial charge in [-0.05, 0) is 13.3 Å². The number of esters is 1. The maximum Gasteiger partial charge on any atom is 0.323 e. The summed E-state index contributed by atoms with van der Waals surface area (Å²) in [7, 11) is 1.61. The molecule has 16 heavy (non-hydrogen) atoms. The minimum Gasteiger partial charge on any atom is -0.465 e. The zero-order valence-electron chi connectivity index (χ0n) is 10.4. The van der Waals surface area contributed by atoms with Gasteiger partial charge in [-0.1, -0.05) is 6.92 Å². The molecule has 96 valence electrons. The fourth-order valence-corrected chi connectivity index (χ4v) is 1.57. The van der Waals surface area contributed by atoms with E-state index >= 15 is 0 Å². The van der Waals surface area contributed by atoms with Crippen LogP contribution < -0.4 is 0 Å². The maximum absolute atomic E-state index is 11.7. The van der Waals surface area contributed by atoms with Gasteiger partial charge in [0.15, 0.2) is 0 Å². The minimum absolute atomic E-state index is 0.0274. The normalized spacial score (nSPS) is 12.8. The van der Waals surface area contributed by atoms with Crippen LogP contribution >= 0.6 is 0 Å². The van der Waals surface area contributed by atoms with Gasteiger partial charge >= 0.3 is 5.97 Å². The Labute approximate surface area is 97.3 Å². The first kappa shape index (κ1) is 15.3. The van der Waals surface area contributed by atoms with Gasteiger partial charge in [-0.15, -0.1) is 0 Å². The van der Waals surface area contributed by atoms with E-state index in [1.807, 2.05) is 11.8 Å². The van der Waals surface area contributed by atoms with Crippen molar-refractivity contribution in [1.82, 2.24) is 4.90 Å². The van der Waals surface area contributed by atoms with Gasteiger partial charge in [0.1, 0.15) is 6.04 Å². The van der Waals surface area contributed by atoms with Crippen molar-refractivity contribution in [3.05, 3.63) is 0 Å². The van der Waals surface area contributed by atoms with Crippen molar-refractivity contribution in [3.63, 3.8) is 0 Å². The Hall–Kier alpha value is -0.650. The summed E-state index contributed by atoms with van der Waals surface area (Å²) >= 11 is 0. The molecule has 0 fully saturated rings. The van der Waals surface area contributed by atoms with E-state index in [-0.39, 0.29) is 18.6 Å². The molecule has 0 amide bonds. The summed E-state index contributed by atoms with van der Waals surface area (Å²) in [5, 5.41) is 8.96. The minimum atomic E-state index is -0.290. The zero-order valence-corrected chi connectivity index (χ0v) is 10.4. The van der Waals surface area contributed by atoms with Crippen molar-refractivity contribution in [3.8, 4) is 0 Å². The third-order valence-corrected chi connectivity index (χ3v) is 2.36. The molecule has 0 saturated carbocycles. The van der Waals surface area contributed by atoms with E-state index in [1.54, 1.807) is 14.0 Å². The van der Waals surface area contributed by atoms with Crippen LogP contribution in [-0.4, -0.2) is 62.0 Å². The molecule has 0 aliphatic carbocycles. The number of hydrogen-bond donors (Lipinski definition) is 1. The summed E-state index contributed by atoms with van der Waals surface area (Å²) in [6.07, 6.45) is 0.669. The second-order valence-electron chi connectivity index (χ2n) is 3.43. The third kappa shape index (κ3) is 5.44. The molecular formula is C11H23NO4. The molecule has 5 nitrogen and oxygen atoms in total. The van der Waals surface area contributed by atoms with E-state index in [1.165, 1.54) is 0 Å². The SMILES string of the molecule is CCOC(=O)C(CC)N(CCO)CCOC. The highest BCUT2D eigenvalue weighted by atomic mass is 16.5. The predicted molar refractivity (Wildman–Crippen MR) is 61.2 cm³/mol. The van der Waals surface area contributed by atoms with Crippen molar-refractivity contribution in [2.24, 2.45) is 0 Å². The molecule has 0 aromatic heterocycles. The fourth-order valence-electron chi connectivity index (χ4n) is 1.57. The van der Waals surface area contributed by atoms with Crippen molar-refractivity contribution in [2.75, 3.05) is 40.0 Å². The van der Waals surface area contributed by atoms with E-state index in [9.17, 15) is 4.79 Å². The Bertz CT molecular complexity index is 187. The molecule has 1 atom stereocenters. The molecule has 0 saturated heterocycles. The quantitative estimate of drug-likeness (QED) is 0.579. The number of carbonyl (C=O) groups excluding carboxylic acids is 1. The number of rotatable bonds is 9. The predicted octanol–water partition coefficient (Wildman–Crippen LogP) is 0.269. The number of methoxy groups -OCH3 is 1. The third-order valence-electron chi connectivity index (χ3n) is 2.36. The molecule has 0 aromatic rings. The van der Waals surface area contributed by atoms with Gasteiger partial charge in [0.25, 0.3) is 0 Å². The number of nitrogens with zero attached hydrogens (tertiary/aromatic N) is 1. The van der Waals surface area contributed by atoms with Crippen LogP contribution in [0.15, 0.2) is 0 Å². The molecule has 0 aromatic carbocycles. The van der Waals surface area contributed by atoms with Crippen LogP contribution in [0.4, 0.5) is 0 Å². The van der Waals surface area contributed by atoms with Gasteiger partial charge in [-0.2, -0.15) is 0 Å². The lowest BCUT2D eigenvalue weighted by atomic mass is 10.2. The number of hydrogen-bond acceptors (Lipinski definition) is 5. The van der Waals surface area contributed by atoms with Crippen LogP contribution in [0.1, 0.15) is 20.3 Å². The summed E-state index contributed by atoms with van der Waals surface area (Å²) in [5.74, 6) is -0.227. The topological polar surface area (TPSA) is 59.0 Å². The maximum atomic E-state index is 11.7. The van der Waals surface area contributed by atoms with Crippen LogP contribution in [0.5, 0.6) is 0 Å². The Morgan fingerprint density at radius 2 is 2.06 bits per heavy atom. The molecule has 0 aliphatic rings. The largest absolute Gasteiger partial charge is 0.465 e. The van der Waals surface area contributed by atoms with Crippen LogP contribution in [0.3, 0.4) is 0 Å². The standard InChI is InChI=1S/C11H23NO4/c1-4-10(11(14)16-5-2)12(6-8-13)7-9-15-3/h10,13H,4-9H2,1-3H3. The van der Waals surface area contributed by atoms with E-state index < -0.39 is 0 Å². The van der Waals surface area contributed by atoms with E-state index in [2.05, 4.69) is 0 Å². The molecule has 0 aliphatic heterocycles. The second kappa shape index (κ2) is 9.57. The number of carbonyl (C=O) groups is 1. The molecule has 1 N–H and O–H groups in total. The van der Waals surface area contributed by atoms with Crippen molar-refractivity contribution < 1.29 is 19.4 Å². The number of aliphatic hydroxyl groups is 1. The molecule has 0 spiro atoms. The first-order valence-electron chi connectivity index (χ1n) is 5.71. The van der Waals surface area contributed by atoms with Crippen LogP contribution in [-0.2, 0) is 14.3 Å². The highest BCUT2D eigenvalue weighted by Gasteiger charge is 2.24. The summed E-state index contributed by atoms with van der Waals surface area (Å²) in [4.78, 5) is 13.6. The lowest BCUT2D eigenvalue weighted by Gasteiger charge is -2.28. The zero-order chi connectivity index (χ0) is 12.4. The lowest BCUT2D eigenvalue weighted by molar-refractivity contribution is -0.150. The molecule has 0 bridgehead atoms. The van der Waals surface area contributed by atoms with Gasteiger partial charge in [-0.3, -0.25) is 9.69 Å².